The minimum atomic E-state index is -0.161. The number of nitrogens with zero attached hydrogens (tertiary/aromatic N) is 1. The quantitative estimate of drug-likeness (QED) is 0.604. The van der Waals surface area contributed by atoms with Crippen LogP contribution < -0.4 is 0 Å². The molecule has 0 aliphatic carbocycles. The van der Waals surface area contributed by atoms with Crippen LogP contribution in [0, 0.1) is 0 Å². The lowest BCUT2D eigenvalue weighted by molar-refractivity contribution is 0.510. The molecule has 2 unspecified atom stereocenters. The van der Waals surface area contributed by atoms with Gasteiger partial charge in [-0.2, -0.15) is 0 Å². The zero-order valence-electron chi connectivity index (χ0n) is 7.49. The van der Waals surface area contributed by atoms with Crippen LogP contribution in [-0.2, 0) is 4.90 Å². The smallest absolute Gasteiger partial charge is 0.134 e. The summed E-state index contributed by atoms with van der Waals surface area (Å²) in [6, 6.07) is 5.49. The Bertz CT molecular complexity index is 331. The molecule has 2 nitrogen and oxygen atoms in total. The van der Waals surface area contributed by atoms with Gasteiger partial charge >= 0.3 is 0 Å². The molecule has 0 amide bonds. The fourth-order valence-electron chi connectivity index (χ4n) is 0.895. The highest BCUT2D eigenvalue weighted by atomic mass is 31.1. The number of aliphatic hydroxyl groups excluding tert-OH is 1. The van der Waals surface area contributed by atoms with Crippen molar-refractivity contribution in [2.24, 2.45) is 0 Å². The van der Waals surface area contributed by atoms with Gasteiger partial charge < -0.3 is 5.11 Å². The van der Waals surface area contributed by atoms with Crippen molar-refractivity contribution in [3.63, 3.8) is 0 Å². The van der Waals surface area contributed by atoms with Gasteiger partial charge in [0.15, 0.2) is 0 Å². The largest absolute Gasteiger partial charge is 0.506 e. The van der Waals surface area contributed by atoms with E-state index >= 15 is 0 Å². The van der Waals surface area contributed by atoms with E-state index in [9.17, 15) is 0 Å². The predicted molar refractivity (Wildman–Crippen MR) is 62.7 cm³/mol. The Kier molecular flexibility index (Phi) is 3.05. The van der Waals surface area contributed by atoms with Gasteiger partial charge in [-0.15, -0.1) is 18.5 Å². The second-order valence-electron chi connectivity index (χ2n) is 3.14. The Labute approximate surface area is 82.9 Å². The first-order chi connectivity index (χ1) is 5.91. The topological polar surface area (TPSA) is 33.1 Å². The first kappa shape index (κ1) is 10.6. The van der Waals surface area contributed by atoms with Crippen LogP contribution in [-0.4, -0.2) is 10.1 Å². The molecule has 1 aromatic rings. The van der Waals surface area contributed by atoms with E-state index in [0.717, 1.165) is 5.69 Å². The van der Waals surface area contributed by atoms with Crippen molar-refractivity contribution < 1.29 is 5.11 Å². The van der Waals surface area contributed by atoms with Crippen molar-refractivity contribution >= 4 is 24.2 Å². The fraction of sp³-hybridized carbons (Fsp3) is 0.222. The van der Waals surface area contributed by atoms with Crippen molar-refractivity contribution in [1.82, 2.24) is 4.98 Å². The molecule has 0 aliphatic rings. The summed E-state index contributed by atoms with van der Waals surface area (Å²) in [5, 5.41) is 9.14. The van der Waals surface area contributed by atoms with Gasteiger partial charge in [-0.1, -0.05) is 12.6 Å². The summed E-state index contributed by atoms with van der Waals surface area (Å²) in [6.45, 7) is 5.44. The van der Waals surface area contributed by atoms with Crippen LogP contribution in [0.1, 0.15) is 18.3 Å². The summed E-state index contributed by atoms with van der Waals surface area (Å²) in [6.07, 6.45) is 0. The lowest BCUT2D eigenvalue weighted by atomic mass is 10.2. The molecule has 13 heavy (non-hydrogen) atoms. The summed E-state index contributed by atoms with van der Waals surface area (Å²) >= 11 is 0. The van der Waals surface area contributed by atoms with Crippen LogP contribution in [0.3, 0.4) is 0 Å². The molecule has 0 saturated heterocycles. The predicted octanol–water partition coefficient (Wildman–Crippen LogP) is 2.53. The summed E-state index contributed by atoms with van der Waals surface area (Å²) < 4.78 is 0. The van der Waals surface area contributed by atoms with Gasteiger partial charge in [0.2, 0.25) is 0 Å². The molecule has 0 fully saturated rings. The van der Waals surface area contributed by atoms with E-state index in [1.165, 1.54) is 0 Å². The van der Waals surface area contributed by atoms with Gasteiger partial charge in [-0.3, -0.25) is 0 Å². The monoisotopic (exact) mass is 213 g/mol. The van der Waals surface area contributed by atoms with Crippen molar-refractivity contribution in [2.75, 3.05) is 0 Å². The van der Waals surface area contributed by atoms with E-state index in [1.807, 2.05) is 19.1 Å². The van der Waals surface area contributed by atoms with Crippen molar-refractivity contribution in [1.29, 1.82) is 0 Å². The van der Waals surface area contributed by atoms with E-state index in [2.05, 4.69) is 30.0 Å². The zero-order chi connectivity index (χ0) is 10.1. The van der Waals surface area contributed by atoms with Crippen LogP contribution >= 0.6 is 18.5 Å². The maximum atomic E-state index is 9.14. The average Bonchev–Trinajstić information content (AvgIpc) is 2.03. The first-order valence-electron chi connectivity index (χ1n) is 3.85. The molecule has 0 radical (unpaired) electrons. The second kappa shape index (κ2) is 3.74. The highest BCUT2D eigenvalue weighted by Crippen LogP contribution is 2.36. The van der Waals surface area contributed by atoms with Crippen LogP contribution in [0.4, 0.5) is 0 Å². The molecule has 0 bridgehead atoms. The van der Waals surface area contributed by atoms with E-state index in [0.29, 0.717) is 5.69 Å². The fourth-order valence-corrected chi connectivity index (χ4v) is 1.22. The maximum Gasteiger partial charge on any atom is 0.134 e. The summed E-state index contributed by atoms with van der Waals surface area (Å²) in [5.41, 5.74) is 1.41. The summed E-state index contributed by atoms with van der Waals surface area (Å²) in [4.78, 5) is 4.09. The molecule has 0 aromatic carbocycles. The van der Waals surface area contributed by atoms with Crippen LogP contribution in [0.15, 0.2) is 24.8 Å². The molecule has 2 atom stereocenters. The molecule has 0 saturated carbocycles. The summed E-state index contributed by atoms with van der Waals surface area (Å²) in [5.74, 6) is 0.00102. The minimum absolute atomic E-state index is 0.00102. The van der Waals surface area contributed by atoms with Gasteiger partial charge in [0.05, 0.1) is 5.69 Å². The molecule has 0 aliphatic heterocycles. The average molecular weight is 213 g/mol. The Morgan fingerprint density at radius 1 is 1.54 bits per heavy atom. The molecule has 4 heteroatoms. The molecule has 70 valence electrons. The molecular weight excluding hydrogens is 200 g/mol. The first-order valence-corrected chi connectivity index (χ1v) is 5.00. The van der Waals surface area contributed by atoms with E-state index in [1.54, 1.807) is 6.07 Å². The SMILES string of the molecule is C=C(O)c1cccc(C(C)(P)P)n1. The molecule has 1 heterocycles. The molecule has 0 spiro atoms. The Morgan fingerprint density at radius 3 is 2.62 bits per heavy atom. The van der Waals surface area contributed by atoms with Crippen LogP contribution in [0.5, 0.6) is 0 Å². The number of aromatic nitrogens is 1. The maximum absolute atomic E-state index is 9.14. The van der Waals surface area contributed by atoms with Gasteiger partial charge in [0, 0.05) is 4.90 Å². The number of rotatable bonds is 2. The third-order valence-electron chi connectivity index (χ3n) is 1.60. The lowest BCUT2D eigenvalue weighted by Gasteiger charge is -2.17. The number of hydrogen-bond donors (Lipinski definition) is 1. The standard InChI is InChI=1S/C9H13NOP2/c1-6(11)7-4-3-5-8(10-7)9(2,12)13/h3-5,11H,1,12-13H2,2H3. The van der Waals surface area contributed by atoms with Crippen molar-refractivity contribution in [3.05, 3.63) is 36.2 Å². The van der Waals surface area contributed by atoms with Gasteiger partial charge in [-0.05, 0) is 19.1 Å². The minimum Gasteiger partial charge on any atom is -0.506 e. The number of aliphatic hydroxyl groups is 1. The molecular formula is C9H13NOP2. The third kappa shape index (κ3) is 2.76. The van der Waals surface area contributed by atoms with Crippen molar-refractivity contribution in [2.45, 2.75) is 11.8 Å². The number of hydrogen-bond acceptors (Lipinski definition) is 2. The third-order valence-corrected chi connectivity index (χ3v) is 2.19. The van der Waals surface area contributed by atoms with Crippen LogP contribution in [0.25, 0.3) is 5.76 Å². The van der Waals surface area contributed by atoms with Crippen molar-refractivity contribution in [3.8, 4) is 0 Å². The highest BCUT2D eigenvalue weighted by molar-refractivity contribution is 7.38. The van der Waals surface area contributed by atoms with Crippen LogP contribution in [0.2, 0.25) is 0 Å². The highest BCUT2D eigenvalue weighted by Gasteiger charge is 2.16. The lowest BCUT2D eigenvalue weighted by Crippen LogP contribution is -2.06. The Balaban J connectivity index is 3.13. The Morgan fingerprint density at radius 2 is 2.15 bits per heavy atom. The summed E-state index contributed by atoms with van der Waals surface area (Å²) in [7, 11) is 5.35. The normalized spacial score (nSPS) is 11.3. The molecule has 1 N–H and O–H groups in total. The molecule has 1 rings (SSSR count). The van der Waals surface area contributed by atoms with Gasteiger partial charge in [-0.25, -0.2) is 4.98 Å². The molecule has 1 aromatic heterocycles. The number of pyridine rings is 1. The van der Waals surface area contributed by atoms with E-state index in [4.69, 9.17) is 5.11 Å². The van der Waals surface area contributed by atoms with Gasteiger partial charge in [0.25, 0.3) is 0 Å². The second-order valence-corrected chi connectivity index (χ2v) is 6.20. The van der Waals surface area contributed by atoms with E-state index < -0.39 is 0 Å². The zero-order valence-corrected chi connectivity index (χ0v) is 9.80. The van der Waals surface area contributed by atoms with E-state index in [-0.39, 0.29) is 10.7 Å². The Hall–Kier alpha value is -0.450. The van der Waals surface area contributed by atoms with Gasteiger partial charge in [0.1, 0.15) is 11.5 Å².